The van der Waals surface area contributed by atoms with Crippen LogP contribution in [-0.4, -0.2) is 33.6 Å². The van der Waals surface area contributed by atoms with Crippen molar-refractivity contribution in [1.82, 2.24) is 0 Å². The fourth-order valence-corrected chi connectivity index (χ4v) is 1.98. The molecule has 2 rings (SSSR count). The number of ether oxygens (including phenoxy) is 1. The number of hydrogen-bond donors (Lipinski definition) is 3. The van der Waals surface area contributed by atoms with Crippen molar-refractivity contribution in [2.45, 2.75) is 0 Å². The number of nitrogens with zero attached hydrogens (tertiary/aromatic N) is 1. The molecule has 0 aliphatic rings. The minimum absolute atomic E-state index is 0.0828. The molecule has 0 bridgehead atoms. The van der Waals surface area contributed by atoms with E-state index in [1.165, 1.54) is 18.2 Å². The van der Waals surface area contributed by atoms with E-state index < -0.39 is 40.6 Å². The molecule has 0 spiro atoms. The number of carbonyl (C=O) groups excluding carboxylic acids is 2. The SMILES string of the molecule is O=C(COC(=O)c1ccc(O)c(O)c1)Nc1ccc(Cl)cc1[N+](=O)[O-]. The monoisotopic (exact) mass is 366 g/mol. The molecular weight excluding hydrogens is 356 g/mol. The van der Waals surface area contributed by atoms with Gasteiger partial charge in [0.15, 0.2) is 18.1 Å². The molecule has 0 atom stereocenters. The highest BCUT2D eigenvalue weighted by Crippen LogP contribution is 2.28. The van der Waals surface area contributed by atoms with Gasteiger partial charge in [0.2, 0.25) is 0 Å². The fourth-order valence-electron chi connectivity index (χ4n) is 1.81. The summed E-state index contributed by atoms with van der Waals surface area (Å²) in [6.07, 6.45) is 0. The van der Waals surface area contributed by atoms with E-state index >= 15 is 0 Å². The van der Waals surface area contributed by atoms with E-state index in [1.807, 2.05) is 0 Å². The Morgan fingerprint density at radius 3 is 2.52 bits per heavy atom. The third-order valence-electron chi connectivity index (χ3n) is 2.98. The molecule has 2 aromatic carbocycles. The molecular formula is C15H11ClN2O7. The van der Waals surface area contributed by atoms with Crippen LogP contribution in [0.4, 0.5) is 11.4 Å². The maximum atomic E-state index is 11.8. The Morgan fingerprint density at radius 1 is 1.16 bits per heavy atom. The van der Waals surface area contributed by atoms with Crippen LogP contribution in [0.5, 0.6) is 11.5 Å². The van der Waals surface area contributed by atoms with Gasteiger partial charge in [-0.1, -0.05) is 11.6 Å². The molecule has 0 aromatic heterocycles. The van der Waals surface area contributed by atoms with Crippen molar-refractivity contribution in [3.8, 4) is 11.5 Å². The zero-order valence-electron chi connectivity index (χ0n) is 12.4. The van der Waals surface area contributed by atoms with E-state index in [1.54, 1.807) is 0 Å². The van der Waals surface area contributed by atoms with E-state index in [-0.39, 0.29) is 16.3 Å². The number of carbonyl (C=O) groups is 2. The molecule has 10 heteroatoms. The van der Waals surface area contributed by atoms with Gasteiger partial charge in [0.25, 0.3) is 11.6 Å². The number of benzene rings is 2. The molecule has 0 aliphatic carbocycles. The first-order valence-corrected chi connectivity index (χ1v) is 7.08. The van der Waals surface area contributed by atoms with Crippen LogP contribution in [0.3, 0.4) is 0 Å². The highest BCUT2D eigenvalue weighted by atomic mass is 35.5. The number of phenolic OH excluding ortho intramolecular Hbond substituents is 2. The minimum atomic E-state index is -0.920. The highest BCUT2D eigenvalue weighted by Gasteiger charge is 2.18. The first-order valence-electron chi connectivity index (χ1n) is 6.71. The van der Waals surface area contributed by atoms with Crippen LogP contribution < -0.4 is 5.32 Å². The molecule has 9 nitrogen and oxygen atoms in total. The summed E-state index contributed by atoms with van der Waals surface area (Å²) in [5.74, 6) is -2.65. The number of amides is 1. The van der Waals surface area contributed by atoms with Gasteiger partial charge in [0.1, 0.15) is 5.69 Å². The van der Waals surface area contributed by atoms with Crippen molar-refractivity contribution in [1.29, 1.82) is 0 Å². The molecule has 0 fully saturated rings. The molecule has 0 saturated carbocycles. The van der Waals surface area contributed by atoms with Gasteiger partial charge in [0.05, 0.1) is 10.5 Å². The second kappa shape index (κ2) is 7.49. The molecule has 0 heterocycles. The van der Waals surface area contributed by atoms with Crippen LogP contribution in [0.15, 0.2) is 36.4 Å². The lowest BCUT2D eigenvalue weighted by molar-refractivity contribution is -0.383. The van der Waals surface area contributed by atoms with Crippen molar-refractivity contribution in [3.63, 3.8) is 0 Å². The van der Waals surface area contributed by atoms with E-state index in [4.69, 9.17) is 21.4 Å². The third kappa shape index (κ3) is 4.58. The van der Waals surface area contributed by atoms with Crippen LogP contribution >= 0.6 is 11.6 Å². The number of phenols is 2. The van der Waals surface area contributed by atoms with Crippen LogP contribution in [-0.2, 0) is 9.53 Å². The molecule has 25 heavy (non-hydrogen) atoms. The van der Waals surface area contributed by atoms with Gasteiger partial charge in [-0.05, 0) is 30.3 Å². The molecule has 0 aliphatic heterocycles. The van der Waals surface area contributed by atoms with Crippen LogP contribution in [0, 0.1) is 10.1 Å². The summed E-state index contributed by atoms with van der Waals surface area (Å²) in [6, 6.07) is 6.93. The smallest absolute Gasteiger partial charge is 0.338 e. The minimum Gasteiger partial charge on any atom is -0.504 e. The highest BCUT2D eigenvalue weighted by molar-refractivity contribution is 6.31. The standard InChI is InChI=1S/C15H11ClN2O7/c16-9-2-3-10(11(6-9)18(23)24)17-14(21)7-25-15(22)8-1-4-12(19)13(20)5-8/h1-6,19-20H,7H2,(H,17,21). The molecule has 3 N–H and O–H groups in total. The molecule has 1 amide bonds. The van der Waals surface area contributed by atoms with Gasteiger partial charge in [-0.25, -0.2) is 4.79 Å². The van der Waals surface area contributed by atoms with Gasteiger partial charge in [0, 0.05) is 11.1 Å². The quantitative estimate of drug-likeness (QED) is 0.319. The summed E-state index contributed by atoms with van der Waals surface area (Å²) >= 11 is 5.67. The summed E-state index contributed by atoms with van der Waals surface area (Å²) in [4.78, 5) is 33.8. The number of anilines is 1. The largest absolute Gasteiger partial charge is 0.504 e. The predicted molar refractivity (Wildman–Crippen MR) is 86.8 cm³/mol. The summed E-state index contributed by atoms with van der Waals surface area (Å²) in [7, 11) is 0. The van der Waals surface area contributed by atoms with Gasteiger partial charge < -0.3 is 20.3 Å². The van der Waals surface area contributed by atoms with Gasteiger partial charge in [-0.15, -0.1) is 0 Å². The molecule has 0 saturated heterocycles. The second-order valence-corrected chi connectivity index (χ2v) is 5.18. The Morgan fingerprint density at radius 2 is 1.88 bits per heavy atom. The van der Waals surface area contributed by atoms with Crippen LogP contribution in [0.25, 0.3) is 0 Å². The Hall–Kier alpha value is -3.33. The molecule has 130 valence electrons. The summed E-state index contributed by atoms with van der Waals surface area (Å²) < 4.78 is 4.74. The zero-order chi connectivity index (χ0) is 18.6. The Kier molecular flexibility index (Phi) is 5.40. The van der Waals surface area contributed by atoms with E-state index in [0.717, 1.165) is 18.2 Å². The Bertz CT molecular complexity index is 854. The maximum Gasteiger partial charge on any atom is 0.338 e. The molecule has 0 unspecified atom stereocenters. The first-order chi connectivity index (χ1) is 11.8. The maximum absolute atomic E-state index is 11.8. The van der Waals surface area contributed by atoms with Gasteiger partial charge in [-0.2, -0.15) is 0 Å². The number of halogens is 1. The summed E-state index contributed by atoms with van der Waals surface area (Å²) in [5.41, 5.74) is -0.589. The number of esters is 1. The van der Waals surface area contributed by atoms with Crippen LogP contribution in [0.1, 0.15) is 10.4 Å². The topological polar surface area (TPSA) is 139 Å². The molecule has 0 radical (unpaired) electrons. The van der Waals surface area contributed by atoms with Crippen LogP contribution in [0.2, 0.25) is 5.02 Å². The first kappa shape index (κ1) is 18.0. The lowest BCUT2D eigenvalue weighted by Gasteiger charge is -2.08. The lowest BCUT2D eigenvalue weighted by atomic mass is 10.2. The number of aromatic hydroxyl groups is 2. The number of hydrogen-bond acceptors (Lipinski definition) is 7. The van der Waals surface area contributed by atoms with E-state index in [2.05, 4.69) is 5.32 Å². The zero-order valence-corrected chi connectivity index (χ0v) is 13.2. The van der Waals surface area contributed by atoms with Gasteiger partial charge in [-0.3, -0.25) is 14.9 Å². The number of nitro benzene ring substituents is 1. The fraction of sp³-hybridized carbons (Fsp3) is 0.0667. The average molecular weight is 367 g/mol. The summed E-state index contributed by atoms with van der Waals surface area (Å²) in [5, 5.41) is 31.8. The van der Waals surface area contributed by atoms with Gasteiger partial charge >= 0.3 is 5.97 Å². The normalized spacial score (nSPS) is 10.1. The Labute approximate surface area is 145 Å². The van der Waals surface area contributed by atoms with Crippen molar-refractivity contribution in [2.75, 3.05) is 11.9 Å². The second-order valence-electron chi connectivity index (χ2n) is 4.75. The van der Waals surface area contributed by atoms with Crippen molar-refractivity contribution >= 4 is 34.9 Å². The van der Waals surface area contributed by atoms with Crippen molar-refractivity contribution < 1.29 is 29.5 Å². The number of rotatable bonds is 5. The summed E-state index contributed by atoms with van der Waals surface area (Å²) in [6.45, 7) is -0.708. The lowest BCUT2D eigenvalue weighted by Crippen LogP contribution is -2.21. The van der Waals surface area contributed by atoms with Crippen molar-refractivity contribution in [3.05, 3.63) is 57.1 Å². The third-order valence-corrected chi connectivity index (χ3v) is 3.21. The Balaban J connectivity index is 2.00. The number of nitro groups is 1. The molecule has 2 aromatic rings. The number of nitrogens with one attached hydrogen (secondary N) is 1. The van der Waals surface area contributed by atoms with Crippen molar-refractivity contribution in [2.24, 2.45) is 0 Å². The average Bonchev–Trinajstić information content (AvgIpc) is 2.56. The van der Waals surface area contributed by atoms with E-state index in [0.29, 0.717) is 0 Å². The van der Waals surface area contributed by atoms with E-state index in [9.17, 15) is 24.8 Å². The predicted octanol–water partition coefficient (Wildman–Crippen LogP) is 2.45.